The van der Waals surface area contributed by atoms with Gasteiger partial charge in [-0.25, -0.2) is 0 Å². The summed E-state index contributed by atoms with van der Waals surface area (Å²) in [6.07, 6.45) is 6.71. The highest BCUT2D eigenvalue weighted by atomic mass is 16.1. The average Bonchev–Trinajstić information content (AvgIpc) is 2.88. The van der Waals surface area contributed by atoms with Crippen LogP contribution in [0.25, 0.3) is 0 Å². The molecule has 2 rings (SSSR count). The van der Waals surface area contributed by atoms with Crippen LogP contribution in [-0.2, 0) is 11.3 Å². The molecule has 1 fully saturated rings. The summed E-state index contributed by atoms with van der Waals surface area (Å²) in [5, 5.41) is 6.14. The van der Waals surface area contributed by atoms with E-state index in [1.165, 1.54) is 25.7 Å². The topological polar surface area (TPSA) is 54.0 Å². The van der Waals surface area contributed by atoms with Gasteiger partial charge in [-0.3, -0.25) is 9.78 Å². The van der Waals surface area contributed by atoms with Crippen molar-refractivity contribution >= 4 is 5.91 Å². The average molecular weight is 233 g/mol. The van der Waals surface area contributed by atoms with Crippen molar-refractivity contribution in [2.24, 2.45) is 0 Å². The summed E-state index contributed by atoms with van der Waals surface area (Å²) < 4.78 is 0. The molecule has 1 heterocycles. The second-order valence-corrected chi connectivity index (χ2v) is 4.46. The molecule has 0 aromatic carbocycles. The third kappa shape index (κ3) is 4.15. The van der Waals surface area contributed by atoms with Gasteiger partial charge in [-0.05, 0) is 25.0 Å². The van der Waals surface area contributed by atoms with Crippen molar-refractivity contribution in [3.63, 3.8) is 0 Å². The van der Waals surface area contributed by atoms with Gasteiger partial charge in [0.05, 0.1) is 18.8 Å². The molecule has 0 radical (unpaired) electrons. The minimum atomic E-state index is 0.0440. The summed E-state index contributed by atoms with van der Waals surface area (Å²) >= 11 is 0. The largest absolute Gasteiger partial charge is 0.349 e. The Labute approximate surface area is 102 Å². The predicted octanol–water partition coefficient (Wildman–Crippen LogP) is 1.23. The highest BCUT2D eigenvalue weighted by Crippen LogP contribution is 2.17. The highest BCUT2D eigenvalue weighted by molar-refractivity contribution is 5.77. The summed E-state index contributed by atoms with van der Waals surface area (Å²) in [6.45, 7) is 0.920. The molecule has 4 heteroatoms. The van der Waals surface area contributed by atoms with Crippen LogP contribution in [0.1, 0.15) is 31.4 Å². The molecule has 0 atom stereocenters. The molecule has 1 saturated carbocycles. The number of pyridine rings is 1. The zero-order chi connectivity index (χ0) is 11.9. The van der Waals surface area contributed by atoms with Crippen molar-refractivity contribution in [1.82, 2.24) is 15.6 Å². The maximum absolute atomic E-state index is 11.6. The molecule has 4 nitrogen and oxygen atoms in total. The molecule has 0 bridgehead atoms. The number of hydrogen-bond acceptors (Lipinski definition) is 3. The lowest BCUT2D eigenvalue weighted by Gasteiger charge is -2.11. The van der Waals surface area contributed by atoms with E-state index in [2.05, 4.69) is 15.6 Å². The fourth-order valence-corrected chi connectivity index (χ4v) is 2.12. The van der Waals surface area contributed by atoms with Crippen molar-refractivity contribution < 1.29 is 4.79 Å². The van der Waals surface area contributed by atoms with Gasteiger partial charge < -0.3 is 10.6 Å². The van der Waals surface area contributed by atoms with E-state index in [9.17, 15) is 4.79 Å². The monoisotopic (exact) mass is 233 g/mol. The number of carbonyl (C=O) groups excluding carboxylic acids is 1. The van der Waals surface area contributed by atoms with Crippen LogP contribution in [0.3, 0.4) is 0 Å². The molecule has 2 N–H and O–H groups in total. The fraction of sp³-hybridized carbons (Fsp3) is 0.538. The number of carbonyl (C=O) groups is 1. The second kappa shape index (κ2) is 6.35. The highest BCUT2D eigenvalue weighted by Gasteiger charge is 2.14. The van der Waals surface area contributed by atoms with Crippen molar-refractivity contribution in [2.75, 3.05) is 6.54 Å². The lowest BCUT2D eigenvalue weighted by Crippen LogP contribution is -2.37. The molecule has 0 aliphatic heterocycles. The van der Waals surface area contributed by atoms with E-state index in [4.69, 9.17) is 0 Å². The van der Waals surface area contributed by atoms with Gasteiger partial charge in [0.15, 0.2) is 0 Å². The molecular formula is C13H19N3O. The van der Waals surface area contributed by atoms with E-state index in [0.717, 1.165) is 5.69 Å². The maximum atomic E-state index is 11.6. The van der Waals surface area contributed by atoms with E-state index in [1.54, 1.807) is 6.20 Å². The number of nitrogens with zero attached hydrogens (tertiary/aromatic N) is 1. The molecule has 92 valence electrons. The molecule has 0 saturated heterocycles. The van der Waals surface area contributed by atoms with Gasteiger partial charge in [-0.2, -0.15) is 0 Å². The molecule has 1 aromatic rings. The van der Waals surface area contributed by atoms with Crippen LogP contribution in [0.2, 0.25) is 0 Å². The standard InChI is InChI=1S/C13H19N3O/c17-13(10-15-11-5-1-2-6-11)16-9-12-7-3-4-8-14-12/h3-4,7-8,11,15H,1-2,5-6,9-10H2,(H,16,17). The first-order chi connectivity index (χ1) is 8.34. The maximum Gasteiger partial charge on any atom is 0.234 e. The number of nitrogens with one attached hydrogen (secondary N) is 2. The molecule has 0 unspecified atom stereocenters. The van der Waals surface area contributed by atoms with Crippen molar-refractivity contribution in [3.8, 4) is 0 Å². The predicted molar refractivity (Wildman–Crippen MR) is 66.3 cm³/mol. The van der Waals surface area contributed by atoms with Crippen molar-refractivity contribution in [1.29, 1.82) is 0 Å². The van der Waals surface area contributed by atoms with Crippen LogP contribution in [0.4, 0.5) is 0 Å². The van der Waals surface area contributed by atoms with Gasteiger partial charge in [0.25, 0.3) is 0 Å². The Hall–Kier alpha value is -1.42. The Kier molecular flexibility index (Phi) is 4.50. The zero-order valence-corrected chi connectivity index (χ0v) is 9.98. The third-order valence-electron chi connectivity index (χ3n) is 3.10. The van der Waals surface area contributed by atoms with E-state index >= 15 is 0 Å². The van der Waals surface area contributed by atoms with E-state index in [1.807, 2.05) is 18.2 Å². The minimum absolute atomic E-state index is 0.0440. The Morgan fingerprint density at radius 1 is 1.35 bits per heavy atom. The first-order valence-electron chi connectivity index (χ1n) is 6.24. The third-order valence-corrected chi connectivity index (χ3v) is 3.10. The number of aromatic nitrogens is 1. The Bertz CT molecular complexity index is 347. The quantitative estimate of drug-likeness (QED) is 0.804. The van der Waals surface area contributed by atoms with Gasteiger partial charge in [0.2, 0.25) is 5.91 Å². The van der Waals surface area contributed by atoms with Gasteiger partial charge in [0.1, 0.15) is 0 Å². The Balaban J connectivity index is 1.64. The molecule has 1 aliphatic rings. The van der Waals surface area contributed by atoms with Crippen molar-refractivity contribution in [2.45, 2.75) is 38.3 Å². The van der Waals surface area contributed by atoms with E-state index < -0.39 is 0 Å². The van der Waals surface area contributed by atoms with Crippen LogP contribution in [0.15, 0.2) is 24.4 Å². The summed E-state index contributed by atoms with van der Waals surface area (Å²) in [5.74, 6) is 0.0440. The van der Waals surface area contributed by atoms with Crippen LogP contribution in [0, 0.1) is 0 Å². The van der Waals surface area contributed by atoms with Crippen LogP contribution < -0.4 is 10.6 Å². The molecule has 1 aliphatic carbocycles. The SMILES string of the molecule is O=C(CNC1CCCC1)NCc1ccccn1. The summed E-state index contributed by atoms with van der Waals surface area (Å²) in [6, 6.07) is 6.23. The summed E-state index contributed by atoms with van der Waals surface area (Å²) in [5.41, 5.74) is 0.890. The summed E-state index contributed by atoms with van der Waals surface area (Å²) in [4.78, 5) is 15.7. The molecule has 17 heavy (non-hydrogen) atoms. The van der Waals surface area contributed by atoms with Gasteiger partial charge >= 0.3 is 0 Å². The van der Waals surface area contributed by atoms with Crippen LogP contribution in [0.5, 0.6) is 0 Å². The minimum Gasteiger partial charge on any atom is -0.349 e. The number of rotatable bonds is 5. The van der Waals surface area contributed by atoms with Crippen molar-refractivity contribution in [3.05, 3.63) is 30.1 Å². The first kappa shape index (κ1) is 12.0. The van der Waals surface area contributed by atoms with Gasteiger partial charge in [-0.15, -0.1) is 0 Å². The lowest BCUT2D eigenvalue weighted by molar-refractivity contribution is -0.120. The molecule has 1 amide bonds. The van der Waals surface area contributed by atoms with Crippen LogP contribution in [-0.4, -0.2) is 23.5 Å². The summed E-state index contributed by atoms with van der Waals surface area (Å²) in [7, 11) is 0. The number of hydrogen-bond donors (Lipinski definition) is 2. The first-order valence-corrected chi connectivity index (χ1v) is 6.24. The second-order valence-electron chi connectivity index (χ2n) is 4.46. The van der Waals surface area contributed by atoms with Gasteiger partial charge in [0, 0.05) is 12.2 Å². The Morgan fingerprint density at radius 3 is 2.88 bits per heavy atom. The smallest absolute Gasteiger partial charge is 0.234 e. The lowest BCUT2D eigenvalue weighted by atomic mass is 10.2. The number of amides is 1. The zero-order valence-electron chi connectivity index (χ0n) is 9.98. The van der Waals surface area contributed by atoms with E-state index in [0.29, 0.717) is 19.1 Å². The molecule has 1 aromatic heterocycles. The fourth-order valence-electron chi connectivity index (χ4n) is 2.12. The molecular weight excluding hydrogens is 214 g/mol. The van der Waals surface area contributed by atoms with Crippen LogP contribution >= 0.6 is 0 Å². The van der Waals surface area contributed by atoms with E-state index in [-0.39, 0.29) is 5.91 Å². The van der Waals surface area contributed by atoms with Gasteiger partial charge in [-0.1, -0.05) is 18.9 Å². The Morgan fingerprint density at radius 2 is 2.18 bits per heavy atom. The normalized spacial score (nSPS) is 16.0. The molecule has 0 spiro atoms.